The van der Waals surface area contributed by atoms with E-state index in [0.717, 1.165) is 13.0 Å². The fraction of sp³-hybridized carbons (Fsp3) is 0.625. The lowest BCUT2D eigenvalue weighted by molar-refractivity contribution is 0.196. The first-order chi connectivity index (χ1) is 8.78. The van der Waals surface area contributed by atoms with Gasteiger partial charge in [-0.05, 0) is 57.3 Å². The van der Waals surface area contributed by atoms with Gasteiger partial charge in [0.25, 0.3) is 0 Å². The van der Waals surface area contributed by atoms with Gasteiger partial charge in [0, 0.05) is 6.54 Å². The first kappa shape index (κ1) is 13.6. The number of rotatable bonds is 5. The summed E-state index contributed by atoms with van der Waals surface area (Å²) >= 11 is 0. The number of benzene rings is 1. The molecule has 1 aromatic carbocycles. The zero-order chi connectivity index (χ0) is 12.8. The van der Waals surface area contributed by atoms with Crippen molar-refractivity contribution >= 4 is 0 Å². The first-order valence-corrected chi connectivity index (χ1v) is 7.26. The van der Waals surface area contributed by atoms with Crippen molar-refractivity contribution in [2.24, 2.45) is 11.7 Å². The van der Waals surface area contributed by atoms with E-state index in [1.54, 1.807) is 0 Å². The van der Waals surface area contributed by atoms with Gasteiger partial charge in [0.15, 0.2) is 0 Å². The van der Waals surface area contributed by atoms with Crippen LogP contribution in [-0.2, 0) is 6.42 Å². The lowest BCUT2D eigenvalue weighted by atomic mass is 9.97. The SMILES string of the molecule is Cc1cccc(CC(CN)CN2CCCCC2)c1. The number of likely N-dealkylation sites (tertiary alicyclic amines) is 1. The van der Waals surface area contributed by atoms with Crippen LogP contribution in [0.2, 0.25) is 0 Å². The number of nitrogens with zero attached hydrogens (tertiary/aromatic N) is 1. The van der Waals surface area contributed by atoms with Crippen LogP contribution in [0.5, 0.6) is 0 Å². The highest BCUT2D eigenvalue weighted by Crippen LogP contribution is 2.15. The molecular formula is C16H26N2. The summed E-state index contributed by atoms with van der Waals surface area (Å²) in [5.74, 6) is 0.602. The number of piperidine rings is 1. The molecule has 0 saturated carbocycles. The van der Waals surface area contributed by atoms with Crippen LogP contribution in [0.3, 0.4) is 0 Å². The van der Waals surface area contributed by atoms with E-state index < -0.39 is 0 Å². The van der Waals surface area contributed by atoms with Gasteiger partial charge in [-0.2, -0.15) is 0 Å². The second-order valence-electron chi connectivity index (χ2n) is 5.66. The van der Waals surface area contributed by atoms with Gasteiger partial charge in [-0.25, -0.2) is 0 Å². The number of nitrogens with two attached hydrogens (primary N) is 1. The van der Waals surface area contributed by atoms with Crippen LogP contribution in [0, 0.1) is 12.8 Å². The van der Waals surface area contributed by atoms with E-state index in [1.807, 2.05) is 0 Å². The normalized spacial score (nSPS) is 18.8. The fourth-order valence-corrected chi connectivity index (χ4v) is 2.90. The maximum atomic E-state index is 5.95. The molecule has 0 bridgehead atoms. The van der Waals surface area contributed by atoms with Crippen molar-refractivity contribution in [1.82, 2.24) is 4.90 Å². The molecule has 0 amide bonds. The van der Waals surface area contributed by atoms with Crippen molar-refractivity contribution < 1.29 is 0 Å². The summed E-state index contributed by atoms with van der Waals surface area (Å²) in [4.78, 5) is 2.59. The zero-order valence-corrected chi connectivity index (χ0v) is 11.6. The van der Waals surface area contributed by atoms with E-state index in [2.05, 4.69) is 36.1 Å². The summed E-state index contributed by atoms with van der Waals surface area (Å²) in [7, 11) is 0. The van der Waals surface area contributed by atoms with Crippen molar-refractivity contribution in [3.05, 3.63) is 35.4 Å². The first-order valence-electron chi connectivity index (χ1n) is 7.26. The summed E-state index contributed by atoms with van der Waals surface area (Å²) in [5, 5.41) is 0. The summed E-state index contributed by atoms with van der Waals surface area (Å²) in [6.45, 7) is 6.66. The molecule has 1 heterocycles. The summed E-state index contributed by atoms with van der Waals surface area (Å²) < 4.78 is 0. The highest BCUT2D eigenvalue weighted by molar-refractivity contribution is 5.22. The molecule has 1 aromatic rings. The molecule has 100 valence electrons. The topological polar surface area (TPSA) is 29.3 Å². The van der Waals surface area contributed by atoms with Crippen LogP contribution in [0.15, 0.2) is 24.3 Å². The van der Waals surface area contributed by atoms with Crippen LogP contribution in [0.4, 0.5) is 0 Å². The molecule has 0 aliphatic carbocycles. The molecule has 1 atom stereocenters. The standard InChI is InChI=1S/C16H26N2/c1-14-6-5-7-15(10-14)11-16(12-17)13-18-8-3-2-4-9-18/h5-7,10,16H,2-4,8-9,11-13,17H2,1H3. The van der Waals surface area contributed by atoms with E-state index in [0.29, 0.717) is 5.92 Å². The van der Waals surface area contributed by atoms with E-state index in [4.69, 9.17) is 5.73 Å². The van der Waals surface area contributed by atoms with Crippen LogP contribution in [-0.4, -0.2) is 31.1 Å². The average Bonchev–Trinajstić information content (AvgIpc) is 2.39. The van der Waals surface area contributed by atoms with Crippen LogP contribution in [0.25, 0.3) is 0 Å². The molecule has 1 unspecified atom stereocenters. The van der Waals surface area contributed by atoms with Gasteiger partial charge in [0.1, 0.15) is 0 Å². The maximum Gasteiger partial charge on any atom is 0.00249 e. The van der Waals surface area contributed by atoms with Crippen molar-refractivity contribution in [2.45, 2.75) is 32.6 Å². The minimum atomic E-state index is 0.602. The third-order valence-corrected chi connectivity index (χ3v) is 3.91. The monoisotopic (exact) mass is 246 g/mol. The Kier molecular flexibility index (Phi) is 5.21. The van der Waals surface area contributed by atoms with Crippen molar-refractivity contribution in [1.29, 1.82) is 0 Å². The van der Waals surface area contributed by atoms with Gasteiger partial charge in [-0.3, -0.25) is 0 Å². The Morgan fingerprint density at radius 3 is 2.67 bits per heavy atom. The van der Waals surface area contributed by atoms with Gasteiger partial charge in [0.2, 0.25) is 0 Å². The Morgan fingerprint density at radius 1 is 1.22 bits per heavy atom. The molecule has 2 heteroatoms. The molecule has 2 rings (SSSR count). The molecule has 1 saturated heterocycles. The molecular weight excluding hydrogens is 220 g/mol. The smallest absolute Gasteiger partial charge is 0.00249 e. The molecule has 0 spiro atoms. The second kappa shape index (κ2) is 6.91. The van der Waals surface area contributed by atoms with Gasteiger partial charge in [0.05, 0.1) is 0 Å². The highest BCUT2D eigenvalue weighted by Gasteiger charge is 2.15. The van der Waals surface area contributed by atoms with Gasteiger partial charge < -0.3 is 10.6 Å². The molecule has 0 radical (unpaired) electrons. The van der Waals surface area contributed by atoms with Gasteiger partial charge >= 0.3 is 0 Å². The minimum Gasteiger partial charge on any atom is -0.330 e. The Labute approximate surface area is 111 Å². The Bertz CT molecular complexity index is 356. The largest absolute Gasteiger partial charge is 0.330 e. The molecule has 1 aliphatic heterocycles. The minimum absolute atomic E-state index is 0.602. The average molecular weight is 246 g/mol. The Balaban J connectivity index is 1.88. The summed E-state index contributed by atoms with van der Waals surface area (Å²) in [6, 6.07) is 8.83. The predicted octanol–water partition coefficient (Wildman–Crippen LogP) is 2.60. The lowest BCUT2D eigenvalue weighted by Gasteiger charge is -2.30. The van der Waals surface area contributed by atoms with E-state index in [1.165, 1.54) is 50.0 Å². The van der Waals surface area contributed by atoms with E-state index in [9.17, 15) is 0 Å². The number of hydrogen-bond donors (Lipinski definition) is 1. The zero-order valence-electron chi connectivity index (χ0n) is 11.6. The van der Waals surface area contributed by atoms with E-state index in [-0.39, 0.29) is 0 Å². The quantitative estimate of drug-likeness (QED) is 0.865. The summed E-state index contributed by atoms with van der Waals surface area (Å²) in [5.41, 5.74) is 8.73. The van der Waals surface area contributed by atoms with Gasteiger partial charge in [-0.1, -0.05) is 36.2 Å². The molecule has 1 fully saturated rings. The molecule has 2 nitrogen and oxygen atoms in total. The maximum absolute atomic E-state index is 5.95. The van der Waals surface area contributed by atoms with Crippen LogP contribution in [0.1, 0.15) is 30.4 Å². The highest BCUT2D eigenvalue weighted by atomic mass is 15.1. The third-order valence-electron chi connectivity index (χ3n) is 3.91. The van der Waals surface area contributed by atoms with Crippen molar-refractivity contribution in [3.8, 4) is 0 Å². The third kappa shape index (κ3) is 4.11. The van der Waals surface area contributed by atoms with E-state index >= 15 is 0 Å². The second-order valence-corrected chi connectivity index (χ2v) is 5.66. The van der Waals surface area contributed by atoms with Gasteiger partial charge in [-0.15, -0.1) is 0 Å². The van der Waals surface area contributed by atoms with Crippen LogP contribution >= 0.6 is 0 Å². The fourth-order valence-electron chi connectivity index (χ4n) is 2.90. The van der Waals surface area contributed by atoms with Crippen molar-refractivity contribution in [2.75, 3.05) is 26.2 Å². The van der Waals surface area contributed by atoms with Crippen molar-refractivity contribution in [3.63, 3.8) is 0 Å². The van der Waals surface area contributed by atoms with Crippen LogP contribution < -0.4 is 5.73 Å². The molecule has 18 heavy (non-hydrogen) atoms. The molecule has 2 N–H and O–H groups in total. The predicted molar refractivity (Wildman–Crippen MR) is 77.7 cm³/mol. The summed E-state index contributed by atoms with van der Waals surface area (Å²) in [6.07, 6.45) is 5.25. The lowest BCUT2D eigenvalue weighted by Crippen LogP contribution is -2.37. The molecule has 1 aliphatic rings. The number of aryl methyl sites for hydroxylation is 1. The Morgan fingerprint density at radius 2 is 2.00 bits per heavy atom. The number of hydrogen-bond acceptors (Lipinski definition) is 2. The molecule has 0 aromatic heterocycles. The Hall–Kier alpha value is -0.860.